The van der Waals surface area contributed by atoms with Gasteiger partial charge in [-0.25, -0.2) is 13.2 Å². The maximum Gasteiger partial charge on any atom is 0.329 e. The molecule has 115 valence electrons. The summed E-state index contributed by atoms with van der Waals surface area (Å²) in [4.78, 5) is 12.0. The van der Waals surface area contributed by atoms with Crippen LogP contribution in [-0.4, -0.2) is 20.4 Å². The van der Waals surface area contributed by atoms with E-state index in [0.29, 0.717) is 5.75 Å². The molecule has 0 aromatic heterocycles. The zero-order chi connectivity index (χ0) is 16.2. The molecule has 0 unspecified atom stereocenters. The van der Waals surface area contributed by atoms with Crippen LogP contribution in [0, 0.1) is 13.0 Å². The van der Waals surface area contributed by atoms with Gasteiger partial charge in [-0.3, -0.25) is 0 Å². The van der Waals surface area contributed by atoms with Gasteiger partial charge in [-0.1, -0.05) is 29.8 Å². The first-order valence-electron chi connectivity index (χ1n) is 6.65. The SMILES string of the molecule is Cc1ccc(S(=O)(=O)N[C@@H](C)C(=O)Oc2cc[c]cc2)cc1. The molecule has 0 saturated carbocycles. The molecular weight excluding hydrogens is 302 g/mol. The summed E-state index contributed by atoms with van der Waals surface area (Å²) in [5, 5.41) is 0. The number of esters is 1. The lowest BCUT2D eigenvalue weighted by Gasteiger charge is -2.13. The van der Waals surface area contributed by atoms with E-state index in [1.807, 2.05) is 6.92 Å². The fraction of sp³-hybridized carbons (Fsp3) is 0.188. The fourth-order valence-electron chi connectivity index (χ4n) is 1.71. The molecule has 2 aromatic rings. The highest BCUT2D eigenvalue weighted by Crippen LogP contribution is 2.12. The summed E-state index contributed by atoms with van der Waals surface area (Å²) >= 11 is 0. The molecule has 6 heteroatoms. The number of ether oxygens (including phenoxy) is 1. The van der Waals surface area contributed by atoms with Crippen molar-refractivity contribution < 1.29 is 17.9 Å². The summed E-state index contributed by atoms with van der Waals surface area (Å²) in [6.45, 7) is 3.30. The topological polar surface area (TPSA) is 72.5 Å². The monoisotopic (exact) mass is 318 g/mol. The smallest absolute Gasteiger partial charge is 0.329 e. The molecule has 0 heterocycles. The quantitative estimate of drug-likeness (QED) is 0.676. The van der Waals surface area contributed by atoms with Crippen molar-refractivity contribution >= 4 is 16.0 Å². The van der Waals surface area contributed by atoms with Crippen molar-refractivity contribution in [1.29, 1.82) is 0 Å². The second kappa shape index (κ2) is 6.72. The van der Waals surface area contributed by atoms with Gasteiger partial charge in [0.05, 0.1) is 4.90 Å². The van der Waals surface area contributed by atoms with Gasteiger partial charge in [-0.05, 0) is 44.2 Å². The third kappa shape index (κ3) is 4.16. The molecule has 2 aromatic carbocycles. The minimum absolute atomic E-state index is 0.104. The Hall–Kier alpha value is -2.18. The van der Waals surface area contributed by atoms with Crippen molar-refractivity contribution in [1.82, 2.24) is 4.72 Å². The van der Waals surface area contributed by atoms with Gasteiger partial charge in [0.2, 0.25) is 10.0 Å². The Morgan fingerprint density at radius 2 is 1.73 bits per heavy atom. The summed E-state index contributed by atoms with van der Waals surface area (Å²) in [7, 11) is -3.77. The van der Waals surface area contributed by atoms with Crippen LogP contribution in [0.3, 0.4) is 0 Å². The molecule has 1 atom stereocenters. The summed E-state index contributed by atoms with van der Waals surface area (Å²) in [6, 6.07) is 14.5. The average Bonchev–Trinajstić information content (AvgIpc) is 2.48. The fourth-order valence-corrected chi connectivity index (χ4v) is 2.90. The lowest BCUT2D eigenvalue weighted by molar-refractivity contribution is -0.135. The number of rotatable bonds is 5. The molecule has 1 N–H and O–H groups in total. The van der Waals surface area contributed by atoms with E-state index in [4.69, 9.17) is 4.74 Å². The Kier molecular flexibility index (Phi) is 4.95. The van der Waals surface area contributed by atoms with E-state index in [1.165, 1.54) is 19.1 Å². The molecule has 0 saturated heterocycles. The molecule has 0 fully saturated rings. The van der Waals surface area contributed by atoms with Crippen LogP contribution in [-0.2, 0) is 14.8 Å². The van der Waals surface area contributed by atoms with Crippen LogP contribution in [0.5, 0.6) is 5.75 Å². The van der Waals surface area contributed by atoms with Gasteiger partial charge in [0.1, 0.15) is 11.8 Å². The Morgan fingerprint density at radius 1 is 1.14 bits per heavy atom. The van der Waals surface area contributed by atoms with Crippen molar-refractivity contribution in [2.24, 2.45) is 0 Å². The van der Waals surface area contributed by atoms with Gasteiger partial charge in [-0.15, -0.1) is 0 Å². The van der Waals surface area contributed by atoms with Crippen LogP contribution in [0.4, 0.5) is 0 Å². The molecule has 0 amide bonds. The molecule has 2 rings (SSSR count). The number of carbonyl (C=O) groups is 1. The Bertz CT molecular complexity index is 739. The van der Waals surface area contributed by atoms with Gasteiger partial charge in [-0.2, -0.15) is 4.72 Å². The van der Waals surface area contributed by atoms with E-state index in [9.17, 15) is 13.2 Å². The van der Waals surface area contributed by atoms with Gasteiger partial charge in [0, 0.05) is 0 Å². The van der Waals surface area contributed by atoms with E-state index >= 15 is 0 Å². The molecule has 0 aliphatic carbocycles. The predicted molar refractivity (Wildman–Crippen MR) is 81.9 cm³/mol. The number of hydrogen-bond donors (Lipinski definition) is 1. The first-order chi connectivity index (χ1) is 10.4. The number of sulfonamides is 1. The minimum atomic E-state index is -3.77. The van der Waals surface area contributed by atoms with E-state index in [0.717, 1.165) is 5.56 Å². The van der Waals surface area contributed by atoms with Crippen molar-refractivity contribution in [2.45, 2.75) is 24.8 Å². The van der Waals surface area contributed by atoms with Crippen molar-refractivity contribution in [3.63, 3.8) is 0 Å². The largest absolute Gasteiger partial charge is 0.425 e. The molecule has 5 nitrogen and oxygen atoms in total. The maximum atomic E-state index is 12.2. The molecule has 0 aliphatic heterocycles. The molecular formula is C16H16NO4S. The lowest BCUT2D eigenvalue weighted by atomic mass is 10.2. The van der Waals surface area contributed by atoms with Crippen LogP contribution in [0.25, 0.3) is 0 Å². The van der Waals surface area contributed by atoms with Gasteiger partial charge < -0.3 is 4.74 Å². The summed E-state index contributed by atoms with van der Waals surface area (Å²) < 4.78 is 31.8. The Balaban J connectivity index is 2.05. The third-order valence-electron chi connectivity index (χ3n) is 2.92. The first kappa shape index (κ1) is 16.2. The zero-order valence-corrected chi connectivity index (χ0v) is 13.1. The van der Waals surface area contributed by atoms with Crippen LogP contribution < -0.4 is 9.46 Å². The average molecular weight is 318 g/mol. The van der Waals surface area contributed by atoms with Gasteiger partial charge >= 0.3 is 5.97 Å². The second-order valence-electron chi connectivity index (χ2n) is 4.81. The molecule has 0 aliphatic rings. The second-order valence-corrected chi connectivity index (χ2v) is 6.53. The minimum Gasteiger partial charge on any atom is -0.425 e. The number of aryl methyl sites for hydroxylation is 1. The number of hydrogen-bond acceptors (Lipinski definition) is 4. The summed E-state index contributed by atoms with van der Waals surface area (Å²) in [5.41, 5.74) is 0.951. The van der Waals surface area contributed by atoms with Crippen molar-refractivity contribution in [2.75, 3.05) is 0 Å². The third-order valence-corrected chi connectivity index (χ3v) is 4.48. The van der Waals surface area contributed by atoms with Crippen LogP contribution in [0.1, 0.15) is 12.5 Å². The predicted octanol–water partition coefficient (Wildman–Crippen LogP) is 2.07. The molecule has 0 bridgehead atoms. The van der Waals surface area contributed by atoms with E-state index in [1.54, 1.807) is 36.4 Å². The molecule has 22 heavy (non-hydrogen) atoms. The van der Waals surface area contributed by atoms with Crippen LogP contribution >= 0.6 is 0 Å². The maximum absolute atomic E-state index is 12.2. The van der Waals surface area contributed by atoms with E-state index < -0.39 is 22.0 Å². The first-order valence-corrected chi connectivity index (χ1v) is 8.13. The van der Waals surface area contributed by atoms with Crippen molar-refractivity contribution in [3.8, 4) is 5.75 Å². The Labute approximate surface area is 130 Å². The normalized spacial score (nSPS) is 12.6. The highest BCUT2D eigenvalue weighted by molar-refractivity contribution is 7.89. The Morgan fingerprint density at radius 3 is 2.32 bits per heavy atom. The molecule has 0 spiro atoms. The number of carbonyl (C=O) groups excluding carboxylic acids is 1. The zero-order valence-electron chi connectivity index (χ0n) is 12.2. The summed E-state index contributed by atoms with van der Waals surface area (Å²) in [6.07, 6.45) is 0. The van der Waals surface area contributed by atoms with E-state index in [-0.39, 0.29) is 4.90 Å². The van der Waals surface area contributed by atoms with Gasteiger partial charge in [0.25, 0.3) is 0 Å². The van der Waals surface area contributed by atoms with Crippen LogP contribution in [0.15, 0.2) is 53.4 Å². The number of nitrogens with one attached hydrogen (secondary N) is 1. The highest BCUT2D eigenvalue weighted by atomic mass is 32.2. The number of benzene rings is 2. The van der Waals surface area contributed by atoms with Gasteiger partial charge in [0.15, 0.2) is 0 Å². The lowest BCUT2D eigenvalue weighted by Crippen LogP contribution is -2.40. The summed E-state index contributed by atoms with van der Waals surface area (Å²) in [5.74, 6) is -0.341. The van der Waals surface area contributed by atoms with Crippen molar-refractivity contribution in [3.05, 3.63) is 60.2 Å². The molecule has 1 radical (unpaired) electrons. The standard InChI is InChI=1S/C16H16NO4S/c1-12-8-10-15(11-9-12)22(19,20)17-13(2)16(18)21-14-6-4-3-5-7-14/h4-11,13,17H,1-2H3/t13-/m0/s1. The van der Waals surface area contributed by atoms with E-state index in [2.05, 4.69) is 10.8 Å². The highest BCUT2D eigenvalue weighted by Gasteiger charge is 2.23. The van der Waals surface area contributed by atoms with Crippen LogP contribution in [0.2, 0.25) is 0 Å².